The number of para-hydroxylation sites is 1. The van der Waals surface area contributed by atoms with E-state index in [1.165, 1.54) is 0 Å². The summed E-state index contributed by atoms with van der Waals surface area (Å²) in [5.74, 6) is 0.846. The van der Waals surface area contributed by atoms with E-state index in [1.807, 2.05) is 53.5 Å². The summed E-state index contributed by atoms with van der Waals surface area (Å²) in [4.78, 5) is 4.33. The standard InChI is InChI=1S/C14H15N5/c1-2-5-13(6-3-1)17-14-15-8-10-18(14)11-12-19-9-4-7-16-19/h1-10H,11-12H2,(H,15,17). The maximum Gasteiger partial charge on any atom is 0.207 e. The molecule has 2 heterocycles. The Balaban J connectivity index is 1.68. The van der Waals surface area contributed by atoms with Crippen LogP contribution in [0.3, 0.4) is 0 Å². The van der Waals surface area contributed by atoms with Crippen molar-refractivity contribution in [2.75, 3.05) is 5.32 Å². The number of hydrogen-bond donors (Lipinski definition) is 1. The Morgan fingerprint density at radius 2 is 1.84 bits per heavy atom. The lowest BCUT2D eigenvalue weighted by molar-refractivity contribution is 0.537. The molecule has 2 aromatic heterocycles. The van der Waals surface area contributed by atoms with Crippen molar-refractivity contribution in [2.24, 2.45) is 0 Å². The third-order valence-corrected chi connectivity index (χ3v) is 2.87. The normalized spacial score (nSPS) is 10.5. The van der Waals surface area contributed by atoms with Crippen LogP contribution in [0.1, 0.15) is 0 Å². The van der Waals surface area contributed by atoms with Crippen molar-refractivity contribution in [1.29, 1.82) is 0 Å². The van der Waals surface area contributed by atoms with Gasteiger partial charge in [0.2, 0.25) is 5.95 Å². The van der Waals surface area contributed by atoms with Crippen LogP contribution in [0.25, 0.3) is 0 Å². The highest BCUT2D eigenvalue weighted by Gasteiger charge is 2.02. The van der Waals surface area contributed by atoms with Crippen LogP contribution in [0, 0.1) is 0 Å². The zero-order valence-corrected chi connectivity index (χ0v) is 10.5. The number of aryl methyl sites for hydroxylation is 2. The van der Waals surface area contributed by atoms with E-state index in [0.717, 1.165) is 24.7 Å². The van der Waals surface area contributed by atoms with Crippen molar-refractivity contribution in [2.45, 2.75) is 13.1 Å². The van der Waals surface area contributed by atoms with Gasteiger partial charge >= 0.3 is 0 Å². The average molecular weight is 253 g/mol. The molecule has 0 bridgehead atoms. The van der Waals surface area contributed by atoms with Gasteiger partial charge in [-0.15, -0.1) is 0 Å². The Bertz CT molecular complexity index is 612. The van der Waals surface area contributed by atoms with Crippen molar-refractivity contribution in [3.05, 3.63) is 61.2 Å². The highest BCUT2D eigenvalue weighted by molar-refractivity contribution is 5.52. The first-order valence-electron chi connectivity index (χ1n) is 6.22. The minimum absolute atomic E-state index is 0.826. The highest BCUT2D eigenvalue weighted by atomic mass is 15.3. The van der Waals surface area contributed by atoms with E-state index in [0.29, 0.717) is 0 Å². The molecule has 1 aromatic carbocycles. The van der Waals surface area contributed by atoms with Crippen LogP contribution in [-0.2, 0) is 13.1 Å². The fourth-order valence-electron chi connectivity index (χ4n) is 1.91. The summed E-state index contributed by atoms with van der Waals surface area (Å²) < 4.78 is 3.99. The molecule has 0 aliphatic carbocycles. The molecule has 3 rings (SSSR count). The van der Waals surface area contributed by atoms with E-state index in [4.69, 9.17) is 0 Å². The van der Waals surface area contributed by atoms with Gasteiger partial charge in [0.15, 0.2) is 0 Å². The lowest BCUT2D eigenvalue weighted by atomic mass is 10.3. The first kappa shape index (κ1) is 11.5. The lowest BCUT2D eigenvalue weighted by Crippen LogP contribution is -2.09. The fraction of sp³-hybridized carbons (Fsp3) is 0.143. The molecular weight excluding hydrogens is 238 g/mol. The Kier molecular flexibility index (Phi) is 3.27. The Labute approximate surface area is 111 Å². The van der Waals surface area contributed by atoms with Gasteiger partial charge in [-0.1, -0.05) is 18.2 Å². The predicted molar refractivity (Wildman–Crippen MR) is 74.2 cm³/mol. The third-order valence-electron chi connectivity index (χ3n) is 2.87. The topological polar surface area (TPSA) is 47.7 Å². The smallest absolute Gasteiger partial charge is 0.207 e. The van der Waals surface area contributed by atoms with Gasteiger partial charge in [-0.25, -0.2) is 4.98 Å². The molecule has 0 fully saturated rings. The number of nitrogens with zero attached hydrogens (tertiary/aromatic N) is 4. The quantitative estimate of drug-likeness (QED) is 0.760. The Hall–Kier alpha value is -2.56. The van der Waals surface area contributed by atoms with Crippen LogP contribution < -0.4 is 5.32 Å². The predicted octanol–water partition coefficient (Wildman–Crippen LogP) is 2.52. The summed E-state index contributed by atoms with van der Waals surface area (Å²) >= 11 is 0. The van der Waals surface area contributed by atoms with Gasteiger partial charge in [0, 0.05) is 37.0 Å². The number of anilines is 2. The van der Waals surface area contributed by atoms with E-state index >= 15 is 0 Å². The minimum atomic E-state index is 0.826. The van der Waals surface area contributed by atoms with E-state index in [2.05, 4.69) is 20.0 Å². The minimum Gasteiger partial charge on any atom is -0.326 e. The molecule has 0 aliphatic rings. The third kappa shape index (κ3) is 2.82. The molecule has 5 heteroatoms. The first-order chi connectivity index (χ1) is 9.42. The summed E-state index contributed by atoms with van der Waals surface area (Å²) in [6, 6.07) is 12.0. The second kappa shape index (κ2) is 5.39. The summed E-state index contributed by atoms with van der Waals surface area (Å²) in [5, 5.41) is 7.50. The second-order valence-electron chi connectivity index (χ2n) is 4.20. The van der Waals surface area contributed by atoms with Crippen molar-refractivity contribution >= 4 is 11.6 Å². The zero-order valence-electron chi connectivity index (χ0n) is 10.5. The van der Waals surface area contributed by atoms with E-state index in [9.17, 15) is 0 Å². The van der Waals surface area contributed by atoms with Gasteiger partial charge in [-0.2, -0.15) is 5.10 Å². The average Bonchev–Trinajstić information content (AvgIpc) is 3.09. The number of hydrogen-bond acceptors (Lipinski definition) is 3. The molecule has 19 heavy (non-hydrogen) atoms. The molecule has 0 radical (unpaired) electrons. The largest absolute Gasteiger partial charge is 0.326 e. The fourth-order valence-corrected chi connectivity index (χ4v) is 1.91. The summed E-state index contributed by atoms with van der Waals surface area (Å²) in [5.41, 5.74) is 1.04. The van der Waals surface area contributed by atoms with Gasteiger partial charge in [0.1, 0.15) is 0 Å². The number of rotatable bonds is 5. The zero-order chi connectivity index (χ0) is 12.9. The first-order valence-corrected chi connectivity index (χ1v) is 6.22. The van der Waals surface area contributed by atoms with Crippen molar-refractivity contribution in [1.82, 2.24) is 19.3 Å². The molecule has 96 valence electrons. The maximum atomic E-state index is 4.33. The molecule has 5 nitrogen and oxygen atoms in total. The molecule has 0 saturated heterocycles. The maximum absolute atomic E-state index is 4.33. The molecule has 1 N–H and O–H groups in total. The SMILES string of the molecule is c1ccc(Nc2nccn2CCn2cccn2)cc1. The number of aromatic nitrogens is 4. The Morgan fingerprint density at radius 3 is 2.63 bits per heavy atom. The van der Waals surface area contributed by atoms with Crippen LogP contribution in [-0.4, -0.2) is 19.3 Å². The lowest BCUT2D eigenvalue weighted by Gasteiger charge is -2.09. The molecular formula is C14H15N5. The second-order valence-corrected chi connectivity index (χ2v) is 4.20. The molecule has 3 aromatic rings. The molecule has 0 atom stereocenters. The van der Waals surface area contributed by atoms with E-state index < -0.39 is 0 Å². The van der Waals surface area contributed by atoms with Gasteiger partial charge in [0.05, 0.1) is 6.54 Å². The summed E-state index contributed by atoms with van der Waals surface area (Å²) in [6.45, 7) is 1.66. The van der Waals surface area contributed by atoms with Gasteiger partial charge in [-0.05, 0) is 18.2 Å². The summed E-state index contributed by atoms with van der Waals surface area (Å²) in [7, 11) is 0. The van der Waals surface area contributed by atoms with Crippen LogP contribution in [0.2, 0.25) is 0 Å². The number of benzene rings is 1. The molecule has 0 spiro atoms. The van der Waals surface area contributed by atoms with Crippen molar-refractivity contribution in [3.8, 4) is 0 Å². The molecule has 0 saturated carbocycles. The molecule has 0 unspecified atom stereocenters. The van der Waals surface area contributed by atoms with Gasteiger partial charge in [0.25, 0.3) is 0 Å². The highest BCUT2D eigenvalue weighted by Crippen LogP contribution is 2.14. The van der Waals surface area contributed by atoms with Crippen LogP contribution in [0.4, 0.5) is 11.6 Å². The van der Waals surface area contributed by atoms with Gasteiger partial charge < -0.3 is 9.88 Å². The molecule has 0 aliphatic heterocycles. The molecule has 0 amide bonds. The Morgan fingerprint density at radius 1 is 0.947 bits per heavy atom. The van der Waals surface area contributed by atoms with Crippen LogP contribution in [0.5, 0.6) is 0 Å². The van der Waals surface area contributed by atoms with E-state index in [1.54, 1.807) is 12.4 Å². The number of nitrogens with one attached hydrogen (secondary N) is 1. The summed E-state index contributed by atoms with van der Waals surface area (Å²) in [6.07, 6.45) is 7.52. The van der Waals surface area contributed by atoms with Crippen molar-refractivity contribution in [3.63, 3.8) is 0 Å². The van der Waals surface area contributed by atoms with Crippen LogP contribution >= 0.6 is 0 Å². The van der Waals surface area contributed by atoms with Crippen LogP contribution in [0.15, 0.2) is 61.2 Å². The van der Waals surface area contributed by atoms with Gasteiger partial charge in [-0.3, -0.25) is 4.68 Å². The number of imidazole rings is 1. The monoisotopic (exact) mass is 253 g/mol. The van der Waals surface area contributed by atoms with Crippen molar-refractivity contribution < 1.29 is 0 Å². The van der Waals surface area contributed by atoms with E-state index in [-0.39, 0.29) is 0 Å².